The number of rotatable bonds is 3. The SMILES string of the molecule is COc1ccc(-c2cc(C(=O)N3CCCC3)[nH]c(=O)n2)cc1. The van der Waals surface area contributed by atoms with E-state index in [0.29, 0.717) is 5.69 Å². The molecule has 2 aromatic rings. The lowest BCUT2D eigenvalue weighted by atomic mass is 10.1. The molecule has 0 saturated carbocycles. The van der Waals surface area contributed by atoms with Crippen LogP contribution in [-0.2, 0) is 0 Å². The monoisotopic (exact) mass is 299 g/mol. The molecule has 0 aliphatic carbocycles. The van der Waals surface area contributed by atoms with Crippen LogP contribution in [0.3, 0.4) is 0 Å². The average molecular weight is 299 g/mol. The number of hydrogen-bond acceptors (Lipinski definition) is 4. The molecular formula is C16H17N3O3. The zero-order chi connectivity index (χ0) is 15.5. The molecule has 1 fully saturated rings. The highest BCUT2D eigenvalue weighted by Crippen LogP contribution is 2.21. The van der Waals surface area contributed by atoms with E-state index in [0.717, 1.165) is 37.2 Å². The van der Waals surface area contributed by atoms with Crippen molar-refractivity contribution < 1.29 is 9.53 Å². The molecule has 1 aliphatic heterocycles. The second kappa shape index (κ2) is 6.01. The first-order valence-corrected chi connectivity index (χ1v) is 7.22. The van der Waals surface area contributed by atoms with E-state index in [-0.39, 0.29) is 11.6 Å². The summed E-state index contributed by atoms with van der Waals surface area (Å²) in [5.74, 6) is 0.578. The summed E-state index contributed by atoms with van der Waals surface area (Å²) in [5.41, 5.74) is 1.01. The van der Waals surface area contributed by atoms with Crippen molar-refractivity contribution in [3.05, 3.63) is 46.5 Å². The highest BCUT2D eigenvalue weighted by Gasteiger charge is 2.21. The maximum Gasteiger partial charge on any atom is 0.346 e. The number of aromatic amines is 1. The van der Waals surface area contributed by atoms with Crippen LogP contribution in [0, 0.1) is 0 Å². The Morgan fingerprint density at radius 1 is 1.23 bits per heavy atom. The van der Waals surface area contributed by atoms with Gasteiger partial charge in [-0.1, -0.05) is 0 Å². The van der Waals surface area contributed by atoms with E-state index >= 15 is 0 Å². The van der Waals surface area contributed by atoms with Crippen molar-refractivity contribution in [1.29, 1.82) is 0 Å². The molecule has 0 atom stereocenters. The summed E-state index contributed by atoms with van der Waals surface area (Å²) in [6.45, 7) is 1.47. The topological polar surface area (TPSA) is 75.3 Å². The Morgan fingerprint density at radius 3 is 2.55 bits per heavy atom. The summed E-state index contributed by atoms with van der Waals surface area (Å²) >= 11 is 0. The third-order valence-corrected chi connectivity index (χ3v) is 3.75. The number of nitrogens with zero attached hydrogens (tertiary/aromatic N) is 2. The number of ether oxygens (including phenoxy) is 1. The third-order valence-electron chi connectivity index (χ3n) is 3.75. The predicted molar refractivity (Wildman–Crippen MR) is 82.0 cm³/mol. The van der Waals surface area contributed by atoms with Gasteiger partial charge in [0.2, 0.25) is 0 Å². The van der Waals surface area contributed by atoms with Gasteiger partial charge in [0.25, 0.3) is 5.91 Å². The Balaban J connectivity index is 1.95. The molecule has 1 aromatic carbocycles. The van der Waals surface area contributed by atoms with Crippen LogP contribution in [0.4, 0.5) is 0 Å². The van der Waals surface area contributed by atoms with Gasteiger partial charge >= 0.3 is 5.69 Å². The fraction of sp³-hybridized carbons (Fsp3) is 0.312. The number of likely N-dealkylation sites (tertiary alicyclic amines) is 1. The first-order chi connectivity index (χ1) is 10.7. The van der Waals surface area contributed by atoms with Crippen LogP contribution >= 0.6 is 0 Å². The summed E-state index contributed by atoms with van der Waals surface area (Å²) in [5, 5.41) is 0. The predicted octanol–water partition coefficient (Wildman–Crippen LogP) is 1.68. The summed E-state index contributed by atoms with van der Waals surface area (Å²) in [7, 11) is 1.59. The summed E-state index contributed by atoms with van der Waals surface area (Å²) in [6, 6.07) is 8.83. The Morgan fingerprint density at radius 2 is 1.91 bits per heavy atom. The van der Waals surface area contributed by atoms with Gasteiger partial charge in [0.1, 0.15) is 11.4 Å². The molecule has 22 heavy (non-hydrogen) atoms. The summed E-state index contributed by atoms with van der Waals surface area (Å²) < 4.78 is 5.11. The minimum Gasteiger partial charge on any atom is -0.497 e. The maximum atomic E-state index is 12.4. The lowest BCUT2D eigenvalue weighted by Crippen LogP contribution is -2.30. The van der Waals surface area contributed by atoms with Gasteiger partial charge in [0, 0.05) is 18.7 Å². The summed E-state index contributed by atoms with van der Waals surface area (Å²) in [6.07, 6.45) is 2.01. The lowest BCUT2D eigenvalue weighted by molar-refractivity contribution is 0.0786. The molecule has 3 rings (SSSR count). The van der Waals surface area contributed by atoms with Crippen molar-refractivity contribution in [2.75, 3.05) is 20.2 Å². The number of hydrogen-bond donors (Lipinski definition) is 1. The molecule has 0 spiro atoms. The second-order valence-electron chi connectivity index (χ2n) is 5.21. The van der Waals surface area contributed by atoms with Gasteiger partial charge in [0.05, 0.1) is 12.8 Å². The number of benzene rings is 1. The molecule has 1 amide bonds. The van der Waals surface area contributed by atoms with Crippen LogP contribution in [0.15, 0.2) is 35.1 Å². The summed E-state index contributed by atoms with van der Waals surface area (Å²) in [4.78, 5) is 32.4. The Bertz CT molecular complexity index is 731. The normalized spacial score (nSPS) is 14.1. The molecule has 6 nitrogen and oxygen atoms in total. The third kappa shape index (κ3) is 2.86. The van der Waals surface area contributed by atoms with Crippen molar-refractivity contribution in [2.24, 2.45) is 0 Å². The van der Waals surface area contributed by atoms with Crippen LogP contribution in [0.5, 0.6) is 5.75 Å². The molecule has 114 valence electrons. The van der Waals surface area contributed by atoms with E-state index in [1.165, 1.54) is 0 Å². The molecule has 1 aliphatic rings. The van der Waals surface area contributed by atoms with E-state index in [2.05, 4.69) is 9.97 Å². The zero-order valence-corrected chi connectivity index (χ0v) is 12.3. The van der Waals surface area contributed by atoms with E-state index in [1.54, 1.807) is 30.2 Å². The number of nitrogens with one attached hydrogen (secondary N) is 1. The number of aromatic nitrogens is 2. The van der Waals surface area contributed by atoms with Crippen LogP contribution in [0.2, 0.25) is 0 Å². The molecule has 0 unspecified atom stereocenters. The molecule has 2 heterocycles. The van der Waals surface area contributed by atoms with E-state index in [9.17, 15) is 9.59 Å². The molecule has 6 heteroatoms. The average Bonchev–Trinajstić information content (AvgIpc) is 3.08. The van der Waals surface area contributed by atoms with E-state index < -0.39 is 5.69 Å². The standard InChI is InChI=1S/C16H17N3O3/c1-22-12-6-4-11(5-7-12)13-10-14(18-16(21)17-13)15(20)19-8-2-3-9-19/h4-7,10H,2-3,8-9H2,1H3,(H,17,18,21). The van der Waals surface area contributed by atoms with Crippen molar-refractivity contribution in [2.45, 2.75) is 12.8 Å². The zero-order valence-electron chi connectivity index (χ0n) is 12.3. The van der Waals surface area contributed by atoms with Gasteiger partial charge in [-0.3, -0.25) is 4.79 Å². The minimum absolute atomic E-state index is 0.147. The van der Waals surface area contributed by atoms with Gasteiger partial charge in [-0.2, -0.15) is 4.98 Å². The smallest absolute Gasteiger partial charge is 0.346 e. The molecular weight excluding hydrogens is 282 g/mol. The second-order valence-corrected chi connectivity index (χ2v) is 5.21. The van der Waals surface area contributed by atoms with Gasteiger partial charge in [-0.15, -0.1) is 0 Å². The lowest BCUT2D eigenvalue weighted by Gasteiger charge is -2.15. The van der Waals surface area contributed by atoms with Gasteiger partial charge in [-0.25, -0.2) is 4.79 Å². The highest BCUT2D eigenvalue weighted by atomic mass is 16.5. The molecule has 1 saturated heterocycles. The maximum absolute atomic E-state index is 12.4. The van der Waals surface area contributed by atoms with Crippen molar-refractivity contribution in [3.63, 3.8) is 0 Å². The quantitative estimate of drug-likeness (QED) is 0.935. The van der Waals surface area contributed by atoms with Crippen molar-refractivity contribution >= 4 is 5.91 Å². The minimum atomic E-state index is -0.518. The van der Waals surface area contributed by atoms with Gasteiger partial charge in [-0.05, 0) is 43.2 Å². The Labute approximate surface area is 127 Å². The van der Waals surface area contributed by atoms with Gasteiger partial charge in [0.15, 0.2) is 0 Å². The first kappa shape index (κ1) is 14.3. The number of methoxy groups -OCH3 is 1. The molecule has 0 radical (unpaired) electrons. The molecule has 0 bridgehead atoms. The number of H-pyrrole nitrogens is 1. The molecule has 1 N–H and O–H groups in total. The van der Waals surface area contributed by atoms with Crippen LogP contribution in [0.1, 0.15) is 23.3 Å². The van der Waals surface area contributed by atoms with Crippen LogP contribution < -0.4 is 10.4 Å². The number of carbonyl (C=O) groups is 1. The fourth-order valence-electron chi connectivity index (χ4n) is 2.57. The first-order valence-electron chi connectivity index (χ1n) is 7.22. The largest absolute Gasteiger partial charge is 0.497 e. The van der Waals surface area contributed by atoms with Crippen LogP contribution in [0.25, 0.3) is 11.3 Å². The van der Waals surface area contributed by atoms with E-state index in [1.807, 2.05) is 12.1 Å². The van der Waals surface area contributed by atoms with Crippen molar-refractivity contribution in [1.82, 2.24) is 14.9 Å². The Kier molecular flexibility index (Phi) is 3.91. The van der Waals surface area contributed by atoms with Crippen molar-refractivity contribution in [3.8, 4) is 17.0 Å². The number of amides is 1. The number of carbonyl (C=O) groups excluding carboxylic acids is 1. The van der Waals surface area contributed by atoms with Gasteiger partial charge < -0.3 is 14.6 Å². The Hall–Kier alpha value is -2.63. The fourth-order valence-corrected chi connectivity index (χ4v) is 2.57. The molecule has 1 aromatic heterocycles. The van der Waals surface area contributed by atoms with Crippen LogP contribution in [-0.4, -0.2) is 41.0 Å². The highest BCUT2D eigenvalue weighted by molar-refractivity contribution is 5.93. The van der Waals surface area contributed by atoms with E-state index in [4.69, 9.17) is 4.74 Å².